The molecule has 2 rings (SSSR count). The molecule has 92 valence electrons. The molecule has 0 aromatic heterocycles. The second-order valence-corrected chi connectivity index (χ2v) is 5.37. The van der Waals surface area contributed by atoms with Crippen LogP contribution in [0.25, 0.3) is 0 Å². The lowest BCUT2D eigenvalue weighted by Gasteiger charge is -2.08. The van der Waals surface area contributed by atoms with Crippen LogP contribution >= 0.6 is 0 Å². The SMILES string of the molecule is O=NN1C=CC(=CS(=O)(=O)c2ccccc2)C=C1. The first kappa shape index (κ1) is 12.3. The second-order valence-electron chi connectivity index (χ2n) is 3.57. The molecule has 0 saturated carbocycles. The molecular formula is C12H10N2O3S. The lowest BCUT2D eigenvalue weighted by Crippen LogP contribution is -2.03. The topological polar surface area (TPSA) is 66.8 Å². The summed E-state index contributed by atoms with van der Waals surface area (Å²) in [6.45, 7) is 0. The Labute approximate surface area is 105 Å². The predicted octanol–water partition coefficient (Wildman–Crippen LogP) is 2.37. The van der Waals surface area contributed by atoms with Crippen molar-refractivity contribution < 1.29 is 8.42 Å². The van der Waals surface area contributed by atoms with Gasteiger partial charge < -0.3 is 0 Å². The van der Waals surface area contributed by atoms with Crippen LogP contribution in [0.5, 0.6) is 0 Å². The number of nitrogens with zero attached hydrogens (tertiary/aromatic N) is 2. The molecule has 0 fully saturated rings. The molecule has 0 aliphatic carbocycles. The summed E-state index contributed by atoms with van der Waals surface area (Å²) >= 11 is 0. The van der Waals surface area contributed by atoms with E-state index in [9.17, 15) is 13.3 Å². The molecule has 5 nitrogen and oxygen atoms in total. The minimum absolute atomic E-state index is 0.232. The molecule has 1 aromatic rings. The third kappa shape index (κ3) is 2.72. The molecule has 0 atom stereocenters. The Morgan fingerprint density at radius 2 is 1.67 bits per heavy atom. The van der Waals surface area contributed by atoms with Gasteiger partial charge in [0.25, 0.3) is 0 Å². The molecule has 1 aliphatic heterocycles. The summed E-state index contributed by atoms with van der Waals surface area (Å²) in [6, 6.07) is 8.13. The second kappa shape index (κ2) is 4.97. The number of sulfone groups is 1. The highest BCUT2D eigenvalue weighted by Crippen LogP contribution is 2.17. The molecular weight excluding hydrogens is 252 g/mol. The molecule has 0 saturated heterocycles. The maximum absolute atomic E-state index is 12.0. The highest BCUT2D eigenvalue weighted by molar-refractivity contribution is 7.94. The fourth-order valence-electron chi connectivity index (χ4n) is 1.42. The zero-order valence-corrected chi connectivity index (χ0v) is 10.1. The average Bonchev–Trinajstić information content (AvgIpc) is 2.40. The molecule has 1 aromatic carbocycles. The standard InChI is InChI=1S/C12H10N2O3S/c15-13-14-8-6-11(7-9-14)10-18(16,17)12-4-2-1-3-5-12/h1-10H. The van der Waals surface area contributed by atoms with Crippen LogP contribution in [0.2, 0.25) is 0 Å². The number of nitroso groups, excluding NO2 is 1. The lowest BCUT2D eigenvalue weighted by molar-refractivity contribution is 0.533. The van der Waals surface area contributed by atoms with Crippen LogP contribution in [0.15, 0.2) is 76.0 Å². The Bertz CT molecular complexity index is 615. The quantitative estimate of drug-likeness (QED) is 0.784. The molecule has 6 heteroatoms. The summed E-state index contributed by atoms with van der Waals surface area (Å²) in [5.74, 6) is 0. The van der Waals surface area contributed by atoms with Crippen LogP contribution in [-0.2, 0) is 9.84 Å². The van der Waals surface area contributed by atoms with E-state index in [-0.39, 0.29) is 4.90 Å². The Balaban J connectivity index is 2.30. The zero-order chi connectivity index (χ0) is 13.0. The fourth-order valence-corrected chi connectivity index (χ4v) is 2.61. The smallest absolute Gasteiger partial charge is 0.200 e. The van der Waals surface area contributed by atoms with E-state index in [0.29, 0.717) is 5.57 Å². The van der Waals surface area contributed by atoms with E-state index in [4.69, 9.17) is 0 Å². The van der Waals surface area contributed by atoms with Gasteiger partial charge in [0, 0.05) is 17.8 Å². The van der Waals surface area contributed by atoms with E-state index in [1.165, 1.54) is 36.7 Å². The molecule has 18 heavy (non-hydrogen) atoms. The van der Waals surface area contributed by atoms with Crippen LogP contribution < -0.4 is 0 Å². The van der Waals surface area contributed by atoms with Crippen molar-refractivity contribution in [2.45, 2.75) is 4.90 Å². The monoisotopic (exact) mass is 262 g/mol. The van der Waals surface area contributed by atoms with E-state index in [0.717, 1.165) is 10.4 Å². The highest BCUT2D eigenvalue weighted by atomic mass is 32.2. The summed E-state index contributed by atoms with van der Waals surface area (Å²) < 4.78 is 24.0. The summed E-state index contributed by atoms with van der Waals surface area (Å²) in [6.07, 6.45) is 5.78. The van der Waals surface area contributed by atoms with Gasteiger partial charge in [0.15, 0.2) is 9.84 Å². The Hall–Kier alpha value is -2.21. The molecule has 0 radical (unpaired) electrons. The van der Waals surface area contributed by atoms with Crippen LogP contribution in [0, 0.1) is 4.91 Å². The Kier molecular flexibility index (Phi) is 3.38. The number of benzene rings is 1. The summed E-state index contributed by atoms with van der Waals surface area (Å²) in [4.78, 5) is 10.4. The molecule has 0 unspecified atom stereocenters. The van der Waals surface area contributed by atoms with Gasteiger partial charge in [-0.05, 0) is 29.9 Å². The van der Waals surface area contributed by atoms with Crippen molar-refractivity contribution in [1.82, 2.24) is 5.01 Å². The van der Waals surface area contributed by atoms with E-state index in [1.807, 2.05) is 0 Å². The molecule has 1 aliphatic rings. The highest BCUT2D eigenvalue weighted by Gasteiger charge is 2.11. The number of hydrogen-bond acceptors (Lipinski definition) is 4. The van der Waals surface area contributed by atoms with Crippen molar-refractivity contribution in [3.63, 3.8) is 0 Å². The normalized spacial score (nSPS) is 14.7. The van der Waals surface area contributed by atoms with Crippen molar-refractivity contribution >= 4 is 9.84 Å². The fraction of sp³-hybridized carbons (Fsp3) is 0. The van der Waals surface area contributed by atoms with Gasteiger partial charge in [-0.2, -0.15) is 0 Å². The third-order valence-electron chi connectivity index (χ3n) is 2.30. The van der Waals surface area contributed by atoms with Crippen LogP contribution in [0.4, 0.5) is 0 Å². The summed E-state index contributed by atoms with van der Waals surface area (Å²) in [7, 11) is -3.48. The van der Waals surface area contributed by atoms with Crippen LogP contribution in [0.3, 0.4) is 0 Å². The molecule has 0 bridgehead atoms. The number of allylic oxidation sites excluding steroid dienone is 3. The van der Waals surface area contributed by atoms with Gasteiger partial charge in [0.2, 0.25) is 0 Å². The van der Waals surface area contributed by atoms with Crippen LogP contribution in [0.1, 0.15) is 0 Å². The van der Waals surface area contributed by atoms with E-state index >= 15 is 0 Å². The minimum Gasteiger partial charge on any atom is -0.219 e. The van der Waals surface area contributed by atoms with Crippen molar-refractivity contribution in [3.8, 4) is 0 Å². The van der Waals surface area contributed by atoms with Gasteiger partial charge in [0.05, 0.1) is 10.2 Å². The van der Waals surface area contributed by atoms with E-state index < -0.39 is 9.84 Å². The van der Waals surface area contributed by atoms with Crippen LogP contribution in [-0.4, -0.2) is 13.4 Å². The first-order valence-corrected chi connectivity index (χ1v) is 6.66. The lowest BCUT2D eigenvalue weighted by atomic mass is 10.2. The molecule has 0 N–H and O–H groups in total. The zero-order valence-electron chi connectivity index (χ0n) is 9.30. The van der Waals surface area contributed by atoms with Gasteiger partial charge in [-0.15, -0.1) is 4.91 Å². The maximum Gasteiger partial charge on any atom is 0.200 e. The molecule has 0 amide bonds. The van der Waals surface area contributed by atoms with Gasteiger partial charge in [-0.3, -0.25) is 0 Å². The first-order chi connectivity index (χ1) is 8.62. The van der Waals surface area contributed by atoms with Crippen molar-refractivity contribution in [2.24, 2.45) is 5.29 Å². The molecule has 1 heterocycles. The van der Waals surface area contributed by atoms with Crippen molar-refractivity contribution in [2.75, 3.05) is 0 Å². The number of hydrogen-bond donors (Lipinski definition) is 0. The Morgan fingerprint density at radius 1 is 1.06 bits per heavy atom. The average molecular weight is 262 g/mol. The largest absolute Gasteiger partial charge is 0.219 e. The van der Waals surface area contributed by atoms with Gasteiger partial charge in [-0.25, -0.2) is 13.4 Å². The van der Waals surface area contributed by atoms with Crippen molar-refractivity contribution in [1.29, 1.82) is 0 Å². The Morgan fingerprint density at radius 3 is 2.22 bits per heavy atom. The molecule has 0 spiro atoms. The predicted molar refractivity (Wildman–Crippen MR) is 67.6 cm³/mol. The van der Waals surface area contributed by atoms with E-state index in [1.54, 1.807) is 18.2 Å². The third-order valence-corrected chi connectivity index (χ3v) is 3.81. The van der Waals surface area contributed by atoms with E-state index in [2.05, 4.69) is 5.29 Å². The minimum atomic E-state index is -3.48. The van der Waals surface area contributed by atoms with Gasteiger partial charge in [0.1, 0.15) is 0 Å². The summed E-state index contributed by atoms with van der Waals surface area (Å²) in [5, 5.41) is 4.87. The van der Waals surface area contributed by atoms with Gasteiger partial charge >= 0.3 is 0 Å². The number of rotatable bonds is 3. The van der Waals surface area contributed by atoms with Gasteiger partial charge in [-0.1, -0.05) is 18.2 Å². The summed E-state index contributed by atoms with van der Waals surface area (Å²) in [5.41, 5.74) is 0.485. The first-order valence-electron chi connectivity index (χ1n) is 5.12. The van der Waals surface area contributed by atoms with Crippen molar-refractivity contribution in [3.05, 3.63) is 70.8 Å². The maximum atomic E-state index is 12.0.